The Labute approximate surface area is 172 Å². The molecule has 0 saturated carbocycles. The van der Waals surface area contributed by atoms with Crippen molar-refractivity contribution in [2.75, 3.05) is 17.7 Å². The highest BCUT2D eigenvalue weighted by Gasteiger charge is 2.36. The van der Waals surface area contributed by atoms with Gasteiger partial charge in [-0.15, -0.1) is 0 Å². The second-order valence-electron chi connectivity index (χ2n) is 7.23. The maximum absolute atomic E-state index is 14.0. The van der Waals surface area contributed by atoms with Gasteiger partial charge in [-0.05, 0) is 49.2 Å². The standard InChI is InChI=1S/C22H21FN4O3/c1-12-7-8-17(16(23)9-12)24-19(28)11-18-22(29)25-21-20(13(2)26-27(18)21)14-5-4-6-15(10-14)30-3/h4-10,18H,11H2,1-3H3,(H,24,28)(H,25,29). The van der Waals surface area contributed by atoms with Gasteiger partial charge in [-0.2, -0.15) is 5.10 Å². The summed E-state index contributed by atoms with van der Waals surface area (Å²) in [6.45, 7) is 3.60. The van der Waals surface area contributed by atoms with Crippen LogP contribution in [0.15, 0.2) is 42.5 Å². The summed E-state index contributed by atoms with van der Waals surface area (Å²) in [6, 6.07) is 11.2. The van der Waals surface area contributed by atoms with Crippen LogP contribution in [0.2, 0.25) is 0 Å². The van der Waals surface area contributed by atoms with Gasteiger partial charge in [0.2, 0.25) is 5.91 Å². The predicted molar refractivity (Wildman–Crippen MR) is 111 cm³/mol. The highest BCUT2D eigenvalue weighted by atomic mass is 19.1. The number of methoxy groups -OCH3 is 1. The second kappa shape index (κ2) is 7.62. The first-order chi connectivity index (χ1) is 14.4. The van der Waals surface area contributed by atoms with Gasteiger partial charge in [0.15, 0.2) is 0 Å². The maximum Gasteiger partial charge on any atom is 0.251 e. The Hall–Kier alpha value is -3.68. The molecule has 154 valence electrons. The van der Waals surface area contributed by atoms with E-state index in [0.29, 0.717) is 17.3 Å². The Morgan fingerprint density at radius 2 is 2.07 bits per heavy atom. The Morgan fingerprint density at radius 3 is 2.80 bits per heavy atom. The molecule has 1 unspecified atom stereocenters. The van der Waals surface area contributed by atoms with E-state index in [2.05, 4.69) is 15.7 Å². The van der Waals surface area contributed by atoms with E-state index in [1.165, 1.54) is 16.8 Å². The molecule has 2 N–H and O–H groups in total. The van der Waals surface area contributed by atoms with Gasteiger partial charge in [0, 0.05) is 5.56 Å². The summed E-state index contributed by atoms with van der Waals surface area (Å²) in [7, 11) is 1.59. The van der Waals surface area contributed by atoms with E-state index in [9.17, 15) is 14.0 Å². The van der Waals surface area contributed by atoms with Crippen molar-refractivity contribution in [1.82, 2.24) is 9.78 Å². The third-order valence-corrected chi connectivity index (χ3v) is 5.06. The maximum atomic E-state index is 14.0. The zero-order chi connectivity index (χ0) is 21.4. The number of ether oxygens (including phenoxy) is 1. The summed E-state index contributed by atoms with van der Waals surface area (Å²) in [6.07, 6.45) is -0.162. The summed E-state index contributed by atoms with van der Waals surface area (Å²) in [5, 5.41) is 9.84. The smallest absolute Gasteiger partial charge is 0.251 e. The molecule has 0 bridgehead atoms. The number of amides is 2. The first-order valence-corrected chi connectivity index (χ1v) is 9.47. The number of carbonyl (C=O) groups is 2. The number of aryl methyl sites for hydroxylation is 2. The largest absolute Gasteiger partial charge is 0.497 e. The molecule has 1 aliphatic rings. The molecule has 8 heteroatoms. The molecule has 0 fully saturated rings. The molecule has 30 heavy (non-hydrogen) atoms. The molecule has 0 aliphatic carbocycles. The number of nitrogens with zero attached hydrogens (tertiary/aromatic N) is 2. The fourth-order valence-electron chi connectivity index (χ4n) is 3.61. The zero-order valence-electron chi connectivity index (χ0n) is 16.8. The van der Waals surface area contributed by atoms with Crippen LogP contribution >= 0.6 is 0 Å². The minimum Gasteiger partial charge on any atom is -0.497 e. The van der Waals surface area contributed by atoms with Crippen LogP contribution in [0.4, 0.5) is 15.9 Å². The van der Waals surface area contributed by atoms with E-state index in [-0.39, 0.29) is 18.0 Å². The lowest BCUT2D eigenvalue weighted by Crippen LogP contribution is -2.24. The quantitative estimate of drug-likeness (QED) is 0.672. The third-order valence-electron chi connectivity index (χ3n) is 5.06. The third kappa shape index (κ3) is 3.52. The van der Waals surface area contributed by atoms with Crippen LogP contribution in [0.1, 0.15) is 23.7 Å². The number of hydrogen-bond acceptors (Lipinski definition) is 4. The number of nitrogens with one attached hydrogen (secondary N) is 2. The summed E-state index contributed by atoms with van der Waals surface area (Å²) in [4.78, 5) is 25.0. The van der Waals surface area contributed by atoms with Crippen molar-refractivity contribution < 1.29 is 18.7 Å². The van der Waals surface area contributed by atoms with Crippen LogP contribution in [0.3, 0.4) is 0 Å². The van der Waals surface area contributed by atoms with Gasteiger partial charge >= 0.3 is 0 Å². The fraction of sp³-hybridized carbons (Fsp3) is 0.227. The van der Waals surface area contributed by atoms with Gasteiger partial charge in [0.25, 0.3) is 5.91 Å². The highest BCUT2D eigenvalue weighted by molar-refractivity contribution is 6.04. The van der Waals surface area contributed by atoms with E-state index in [1.54, 1.807) is 20.1 Å². The molecular formula is C22H21FN4O3. The monoisotopic (exact) mass is 408 g/mol. The number of hydrogen-bond donors (Lipinski definition) is 2. The number of fused-ring (bicyclic) bond motifs is 1. The molecule has 7 nitrogen and oxygen atoms in total. The SMILES string of the molecule is COc1cccc(-c2c(C)nn3c2NC(=O)C3CC(=O)Nc2ccc(C)cc2F)c1. The van der Waals surface area contributed by atoms with Crippen molar-refractivity contribution in [1.29, 1.82) is 0 Å². The number of rotatable bonds is 5. The summed E-state index contributed by atoms with van der Waals surface area (Å²) >= 11 is 0. The first-order valence-electron chi connectivity index (χ1n) is 9.47. The molecule has 2 aromatic carbocycles. The van der Waals surface area contributed by atoms with Crippen molar-refractivity contribution in [3.63, 3.8) is 0 Å². The number of anilines is 2. The second-order valence-corrected chi connectivity index (χ2v) is 7.23. The van der Waals surface area contributed by atoms with E-state index in [1.807, 2.05) is 31.2 Å². The first kappa shape index (κ1) is 19.6. The Bertz CT molecular complexity index is 1160. The van der Waals surface area contributed by atoms with Crippen LogP contribution in [0.25, 0.3) is 11.1 Å². The lowest BCUT2D eigenvalue weighted by Gasteiger charge is -2.11. The Balaban J connectivity index is 1.59. The molecule has 3 aromatic rings. The van der Waals surface area contributed by atoms with Gasteiger partial charge in [-0.25, -0.2) is 9.07 Å². The topological polar surface area (TPSA) is 85.2 Å². The van der Waals surface area contributed by atoms with Crippen LogP contribution in [-0.2, 0) is 9.59 Å². The summed E-state index contributed by atoms with van der Waals surface area (Å²) < 4.78 is 20.8. The minimum atomic E-state index is -0.813. The molecule has 2 heterocycles. The molecule has 0 spiro atoms. The molecule has 1 aliphatic heterocycles. The summed E-state index contributed by atoms with van der Waals surface area (Å²) in [5.41, 5.74) is 3.17. The molecule has 1 aromatic heterocycles. The average molecular weight is 408 g/mol. The van der Waals surface area contributed by atoms with Crippen molar-refractivity contribution in [3.8, 4) is 16.9 Å². The molecular weight excluding hydrogens is 387 g/mol. The lowest BCUT2D eigenvalue weighted by atomic mass is 10.1. The van der Waals surface area contributed by atoms with Crippen LogP contribution in [0.5, 0.6) is 5.75 Å². The van der Waals surface area contributed by atoms with Gasteiger partial charge < -0.3 is 15.4 Å². The zero-order valence-corrected chi connectivity index (χ0v) is 16.8. The van der Waals surface area contributed by atoms with Gasteiger partial charge in [-0.3, -0.25) is 9.59 Å². The van der Waals surface area contributed by atoms with Crippen molar-refractivity contribution >= 4 is 23.3 Å². The molecule has 1 atom stereocenters. The van der Waals surface area contributed by atoms with Crippen molar-refractivity contribution in [2.24, 2.45) is 0 Å². The number of benzene rings is 2. The van der Waals surface area contributed by atoms with Crippen LogP contribution in [0, 0.1) is 19.7 Å². The number of halogens is 1. The lowest BCUT2D eigenvalue weighted by molar-refractivity contribution is -0.123. The van der Waals surface area contributed by atoms with Crippen molar-refractivity contribution in [3.05, 3.63) is 59.5 Å². The highest BCUT2D eigenvalue weighted by Crippen LogP contribution is 2.39. The van der Waals surface area contributed by atoms with E-state index in [4.69, 9.17) is 4.74 Å². The van der Waals surface area contributed by atoms with Gasteiger partial charge in [-0.1, -0.05) is 18.2 Å². The Kier molecular flexibility index (Phi) is 4.99. The average Bonchev–Trinajstić information content (AvgIpc) is 3.18. The van der Waals surface area contributed by atoms with E-state index < -0.39 is 17.8 Å². The summed E-state index contributed by atoms with van der Waals surface area (Å²) in [5.74, 6) is -0.101. The van der Waals surface area contributed by atoms with Gasteiger partial charge in [0.1, 0.15) is 23.4 Å². The number of aromatic nitrogens is 2. The number of carbonyl (C=O) groups excluding carboxylic acids is 2. The fourth-order valence-corrected chi connectivity index (χ4v) is 3.61. The minimum absolute atomic E-state index is 0.0814. The van der Waals surface area contributed by atoms with Crippen molar-refractivity contribution in [2.45, 2.75) is 26.3 Å². The molecule has 2 amide bonds. The molecule has 0 radical (unpaired) electrons. The van der Waals surface area contributed by atoms with E-state index >= 15 is 0 Å². The molecule has 0 saturated heterocycles. The van der Waals surface area contributed by atoms with Gasteiger partial charge in [0.05, 0.1) is 24.9 Å². The van der Waals surface area contributed by atoms with E-state index in [0.717, 1.165) is 16.7 Å². The predicted octanol–water partition coefficient (Wildman–Crippen LogP) is 3.84. The Morgan fingerprint density at radius 1 is 1.27 bits per heavy atom. The molecule has 4 rings (SSSR count). The normalized spacial score (nSPS) is 14.9. The van der Waals surface area contributed by atoms with Crippen LogP contribution < -0.4 is 15.4 Å². The van der Waals surface area contributed by atoms with Crippen LogP contribution in [-0.4, -0.2) is 28.7 Å².